The fraction of sp³-hybridized carbons (Fsp3) is 0.867. The molecule has 4 unspecified atom stereocenters. The van der Waals surface area contributed by atoms with Crippen LogP contribution in [-0.4, -0.2) is 17.9 Å². The van der Waals surface area contributed by atoms with Crippen molar-refractivity contribution in [1.29, 1.82) is 0 Å². The first-order chi connectivity index (χ1) is 15.9. The minimum absolute atomic E-state index is 0.112. The standard InChI is InChI=1S/C30H46O3/c1-4-5-6-20-7-9-21(10-8-20)29(32)33-27-16-15-26-25-13-11-22-17-23(31)12-14-24(22)28(25)19(2)18-30(26,27)3/h17,19-21,24-28H,4-16,18H2,1-3H3/t19-,20?,21?,24?,25?,26?,27-,28?,30-/m0/s1. The minimum Gasteiger partial charge on any atom is -0.462 e. The van der Waals surface area contributed by atoms with Crippen LogP contribution >= 0.6 is 0 Å². The van der Waals surface area contributed by atoms with E-state index in [1.807, 2.05) is 6.08 Å². The third-order valence-corrected chi connectivity index (χ3v) is 10.9. The van der Waals surface area contributed by atoms with Crippen molar-refractivity contribution in [2.24, 2.45) is 46.8 Å². The van der Waals surface area contributed by atoms with Crippen molar-refractivity contribution in [3.05, 3.63) is 11.6 Å². The normalized spacial score (nSPS) is 44.9. The monoisotopic (exact) mass is 454 g/mol. The molecule has 4 saturated carbocycles. The minimum atomic E-state index is 0.112. The van der Waals surface area contributed by atoms with Crippen LogP contribution < -0.4 is 0 Å². The fourth-order valence-corrected chi connectivity index (χ4v) is 9.33. The molecule has 5 rings (SSSR count). The first-order valence-corrected chi connectivity index (χ1v) is 14.3. The number of ether oxygens (including phenoxy) is 1. The average Bonchev–Trinajstić information content (AvgIpc) is 3.13. The van der Waals surface area contributed by atoms with Crippen LogP contribution in [0.3, 0.4) is 0 Å². The Hall–Kier alpha value is -1.12. The van der Waals surface area contributed by atoms with Gasteiger partial charge in [-0.15, -0.1) is 0 Å². The molecule has 4 fully saturated rings. The van der Waals surface area contributed by atoms with Crippen molar-refractivity contribution in [2.75, 3.05) is 0 Å². The van der Waals surface area contributed by atoms with Gasteiger partial charge in [-0.1, -0.05) is 45.6 Å². The predicted molar refractivity (Wildman–Crippen MR) is 131 cm³/mol. The van der Waals surface area contributed by atoms with Gasteiger partial charge in [0, 0.05) is 11.8 Å². The Morgan fingerprint density at radius 3 is 2.61 bits per heavy atom. The summed E-state index contributed by atoms with van der Waals surface area (Å²) < 4.78 is 6.39. The molecule has 3 nitrogen and oxygen atoms in total. The number of hydrogen-bond donors (Lipinski definition) is 0. The van der Waals surface area contributed by atoms with Crippen molar-refractivity contribution in [1.82, 2.24) is 0 Å². The van der Waals surface area contributed by atoms with Crippen LogP contribution in [0.15, 0.2) is 11.6 Å². The highest BCUT2D eigenvalue weighted by molar-refractivity contribution is 5.91. The van der Waals surface area contributed by atoms with Gasteiger partial charge in [-0.25, -0.2) is 0 Å². The summed E-state index contributed by atoms with van der Waals surface area (Å²) in [6.07, 6.45) is 18.2. The summed E-state index contributed by atoms with van der Waals surface area (Å²) in [4.78, 5) is 25.2. The summed E-state index contributed by atoms with van der Waals surface area (Å²) >= 11 is 0. The second-order valence-corrected chi connectivity index (χ2v) is 12.8. The quantitative estimate of drug-likeness (QED) is 0.410. The van der Waals surface area contributed by atoms with Gasteiger partial charge in [-0.2, -0.15) is 0 Å². The number of esters is 1. The number of carbonyl (C=O) groups excluding carboxylic acids is 2. The number of rotatable bonds is 5. The first-order valence-electron chi connectivity index (χ1n) is 14.3. The second kappa shape index (κ2) is 9.50. The van der Waals surface area contributed by atoms with Crippen LogP contribution in [0, 0.1) is 46.8 Å². The molecule has 33 heavy (non-hydrogen) atoms. The number of fused-ring (bicyclic) bond motifs is 5. The van der Waals surface area contributed by atoms with E-state index < -0.39 is 0 Å². The molecule has 0 N–H and O–H groups in total. The van der Waals surface area contributed by atoms with Crippen LogP contribution in [0.5, 0.6) is 0 Å². The summed E-state index contributed by atoms with van der Waals surface area (Å²) in [5.41, 5.74) is 1.60. The van der Waals surface area contributed by atoms with Gasteiger partial charge in [-0.05, 0) is 106 Å². The van der Waals surface area contributed by atoms with Gasteiger partial charge in [0.25, 0.3) is 0 Å². The molecule has 0 aromatic heterocycles. The van der Waals surface area contributed by atoms with E-state index in [9.17, 15) is 9.59 Å². The zero-order chi connectivity index (χ0) is 23.2. The zero-order valence-electron chi connectivity index (χ0n) is 21.3. The fourth-order valence-electron chi connectivity index (χ4n) is 9.33. The summed E-state index contributed by atoms with van der Waals surface area (Å²) in [6, 6.07) is 0. The third-order valence-electron chi connectivity index (χ3n) is 10.9. The van der Waals surface area contributed by atoms with Crippen LogP contribution in [-0.2, 0) is 14.3 Å². The number of unbranched alkanes of at least 4 members (excludes halogenated alkanes) is 1. The molecule has 0 saturated heterocycles. The van der Waals surface area contributed by atoms with E-state index in [0.717, 1.165) is 56.3 Å². The van der Waals surface area contributed by atoms with E-state index >= 15 is 0 Å². The van der Waals surface area contributed by atoms with Crippen molar-refractivity contribution < 1.29 is 14.3 Å². The molecular formula is C30H46O3. The summed E-state index contributed by atoms with van der Waals surface area (Å²) in [5.74, 6) is 4.86. The van der Waals surface area contributed by atoms with Crippen molar-refractivity contribution in [3.8, 4) is 0 Å². The highest BCUT2D eigenvalue weighted by Crippen LogP contribution is 2.64. The molecular weight excluding hydrogens is 408 g/mol. The van der Waals surface area contributed by atoms with E-state index in [0.29, 0.717) is 23.5 Å². The van der Waals surface area contributed by atoms with Gasteiger partial charge in [-0.3, -0.25) is 9.59 Å². The molecule has 7 atom stereocenters. The Kier molecular flexibility index (Phi) is 6.80. The molecule has 0 spiro atoms. The maximum absolute atomic E-state index is 13.2. The lowest BCUT2D eigenvalue weighted by Crippen LogP contribution is -2.51. The van der Waals surface area contributed by atoms with Crippen molar-refractivity contribution in [2.45, 2.75) is 117 Å². The lowest BCUT2D eigenvalue weighted by molar-refractivity contribution is -0.167. The smallest absolute Gasteiger partial charge is 0.309 e. The zero-order valence-corrected chi connectivity index (χ0v) is 21.3. The van der Waals surface area contributed by atoms with Gasteiger partial charge in [0.1, 0.15) is 6.10 Å². The number of carbonyl (C=O) groups is 2. The number of hydrogen-bond acceptors (Lipinski definition) is 3. The summed E-state index contributed by atoms with van der Waals surface area (Å²) in [6.45, 7) is 7.17. The molecule has 5 aliphatic carbocycles. The lowest BCUT2D eigenvalue weighted by Gasteiger charge is -2.56. The largest absolute Gasteiger partial charge is 0.462 e. The van der Waals surface area contributed by atoms with Crippen molar-refractivity contribution >= 4 is 11.8 Å². The van der Waals surface area contributed by atoms with E-state index in [-0.39, 0.29) is 23.4 Å². The molecule has 0 amide bonds. The molecule has 0 bridgehead atoms. The highest BCUT2D eigenvalue weighted by Gasteiger charge is 2.59. The van der Waals surface area contributed by atoms with Crippen molar-refractivity contribution in [3.63, 3.8) is 0 Å². The van der Waals surface area contributed by atoms with Gasteiger partial charge in [0.05, 0.1) is 5.92 Å². The molecule has 5 aliphatic rings. The van der Waals surface area contributed by atoms with Crippen LogP contribution in [0.1, 0.15) is 111 Å². The van der Waals surface area contributed by atoms with E-state index in [1.54, 1.807) is 0 Å². The van der Waals surface area contributed by atoms with Gasteiger partial charge in [0.2, 0.25) is 0 Å². The molecule has 3 heteroatoms. The van der Waals surface area contributed by atoms with E-state index in [4.69, 9.17) is 4.74 Å². The average molecular weight is 455 g/mol. The van der Waals surface area contributed by atoms with Crippen LogP contribution in [0.4, 0.5) is 0 Å². The Labute approximate surface area is 201 Å². The number of allylic oxidation sites excluding steroid dienone is 1. The Bertz CT molecular complexity index is 775. The highest BCUT2D eigenvalue weighted by atomic mass is 16.5. The van der Waals surface area contributed by atoms with Gasteiger partial charge >= 0.3 is 5.97 Å². The van der Waals surface area contributed by atoms with Gasteiger partial charge < -0.3 is 4.74 Å². The van der Waals surface area contributed by atoms with Gasteiger partial charge in [0.15, 0.2) is 5.78 Å². The van der Waals surface area contributed by atoms with Crippen LogP contribution in [0.25, 0.3) is 0 Å². The van der Waals surface area contributed by atoms with E-state index in [2.05, 4.69) is 20.8 Å². The Morgan fingerprint density at radius 2 is 1.85 bits per heavy atom. The Balaban J connectivity index is 1.23. The summed E-state index contributed by atoms with van der Waals surface area (Å²) in [7, 11) is 0. The maximum Gasteiger partial charge on any atom is 0.309 e. The molecule has 0 aromatic rings. The molecule has 0 aromatic carbocycles. The predicted octanol–water partition coefficient (Wildman–Crippen LogP) is 7.28. The second-order valence-electron chi connectivity index (χ2n) is 12.8. The molecule has 0 radical (unpaired) electrons. The van der Waals surface area contributed by atoms with Crippen LogP contribution in [0.2, 0.25) is 0 Å². The molecule has 0 heterocycles. The molecule has 0 aliphatic heterocycles. The Morgan fingerprint density at radius 1 is 1.06 bits per heavy atom. The van der Waals surface area contributed by atoms with E-state index in [1.165, 1.54) is 56.9 Å². The third kappa shape index (κ3) is 4.36. The topological polar surface area (TPSA) is 43.4 Å². The lowest BCUT2D eigenvalue weighted by atomic mass is 9.49. The SMILES string of the molecule is CCCCC1CCC(C(=O)O[C@H]2CCC3C4CCC5=CC(=O)CCC5C4[C@@H](C)C[C@@]32C)CC1. The number of ketones is 1. The summed E-state index contributed by atoms with van der Waals surface area (Å²) in [5, 5.41) is 0. The molecule has 184 valence electrons. The first kappa shape index (κ1) is 23.6. The maximum atomic E-state index is 13.2.